The zero-order chi connectivity index (χ0) is 20.9. The van der Waals surface area contributed by atoms with Crippen LogP contribution in [-0.2, 0) is 0 Å². The van der Waals surface area contributed by atoms with Crippen molar-refractivity contribution >= 4 is 44.8 Å². The molecular weight excluding hydrogens is 460 g/mol. The molecule has 0 spiro atoms. The largest absolute Gasteiger partial charge is 0.345 e. The lowest BCUT2D eigenvalue weighted by atomic mass is 10.1. The number of thiophene rings is 1. The molecule has 5 nitrogen and oxygen atoms in total. The first-order chi connectivity index (χ1) is 14.6. The number of carbonyl (C=O) groups is 1. The molecule has 2 aromatic carbocycles. The van der Waals surface area contributed by atoms with Gasteiger partial charge in [0, 0.05) is 16.4 Å². The fourth-order valence-corrected chi connectivity index (χ4v) is 4.22. The molecule has 2 aromatic heterocycles. The van der Waals surface area contributed by atoms with Crippen LogP contribution in [0.1, 0.15) is 28.2 Å². The number of nitrogens with one attached hydrogen (secondary N) is 2. The molecule has 0 aliphatic rings. The molecule has 150 valence electrons. The highest BCUT2D eigenvalue weighted by atomic mass is 79.9. The summed E-state index contributed by atoms with van der Waals surface area (Å²) >= 11 is 4.87. The van der Waals surface area contributed by atoms with E-state index in [1.54, 1.807) is 6.20 Å². The van der Waals surface area contributed by atoms with Gasteiger partial charge in [0.05, 0.1) is 21.5 Å². The number of halogens is 1. The van der Waals surface area contributed by atoms with Crippen LogP contribution in [-0.4, -0.2) is 15.9 Å². The van der Waals surface area contributed by atoms with Crippen LogP contribution >= 0.6 is 27.3 Å². The molecule has 0 fully saturated rings. The van der Waals surface area contributed by atoms with Crippen LogP contribution in [0.2, 0.25) is 0 Å². The van der Waals surface area contributed by atoms with Gasteiger partial charge in [-0.25, -0.2) is 9.97 Å². The molecule has 4 aromatic rings. The highest BCUT2D eigenvalue weighted by Crippen LogP contribution is 2.28. The molecule has 0 radical (unpaired) electrons. The molecule has 1 unspecified atom stereocenters. The third-order valence-electron chi connectivity index (χ3n) is 4.47. The molecule has 0 saturated heterocycles. The van der Waals surface area contributed by atoms with Crippen LogP contribution in [0.4, 0.5) is 11.6 Å². The summed E-state index contributed by atoms with van der Waals surface area (Å²) in [5.74, 6) is 0.409. The first kappa shape index (κ1) is 20.3. The Morgan fingerprint density at radius 2 is 1.87 bits per heavy atom. The summed E-state index contributed by atoms with van der Waals surface area (Å²) in [5, 5.41) is 6.25. The molecule has 2 heterocycles. The predicted octanol–water partition coefficient (Wildman–Crippen LogP) is 6.20. The van der Waals surface area contributed by atoms with Crippen LogP contribution in [0.5, 0.6) is 0 Å². The zero-order valence-electron chi connectivity index (χ0n) is 16.2. The van der Waals surface area contributed by atoms with Crippen molar-refractivity contribution in [3.05, 3.63) is 93.9 Å². The quantitative estimate of drug-likeness (QED) is 0.346. The molecule has 0 saturated carbocycles. The van der Waals surface area contributed by atoms with Gasteiger partial charge in [-0.2, -0.15) is 0 Å². The molecule has 30 heavy (non-hydrogen) atoms. The predicted molar refractivity (Wildman–Crippen MR) is 125 cm³/mol. The van der Waals surface area contributed by atoms with Gasteiger partial charge in [-0.15, -0.1) is 11.3 Å². The summed E-state index contributed by atoms with van der Waals surface area (Å²) in [6.45, 7) is 1.98. The number of carbonyl (C=O) groups excluding carboxylic acids is 1. The van der Waals surface area contributed by atoms with Crippen LogP contribution < -0.4 is 10.6 Å². The zero-order valence-corrected chi connectivity index (χ0v) is 18.6. The van der Waals surface area contributed by atoms with E-state index < -0.39 is 0 Å². The average molecular weight is 479 g/mol. The van der Waals surface area contributed by atoms with Crippen molar-refractivity contribution in [2.75, 3.05) is 5.32 Å². The number of anilines is 2. The van der Waals surface area contributed by atoms with E-state index in [0.29, 0.717) is 10.8 Å². The lowest BCUT2D eigenvalue weighted by molar-refractivity contribution is 0.0944. The number of benzene rings is 2. The van der Waals surface area contributed by atoms with Crippen LogP contribution in [0.25, 0.3) is 10.6 Å². The minimum absolute atomic E-state index is 0.0655. The second-order valence-corrected chi connectivity index (χ2v) is 8.67. The van der Waals surface area contributed by atoms with Crippen molar-refractivity contribution in [3.63, 3.8) is 0 Å². The maximum Gasteiger partial charge on any atom is 0.261 e. The number of hydrogen-bond donors (Lipinski definition) is 2. The smallest absolute Gasteiger partial charge is 0.261 e. The van der Waals surface area contributed by atoms with Crippen molar-refractivity contribution in [3.8, 4) is 10.6 Å². The summed E-state index contributed by atoms with van der Waals surface area (Å²) in [6, 6.07) is 23.2. The maximum atomic E-state index is 12.7. The minimum atomic E-state index is -0.0934. The van der Waals surface area contributed by atoms with Crippen LogP contribution in [0, 0.1) is 0 Å². The second kappa shape index (κ2) is 9.19. The minimum Gasteiger partial charge on any atom is -0.345 e. The fraction of sp³-hybridized carbons (Fsp3) is 0.0870. The molecular formula is C23H19BrN4OS. The second-order valence-electron chi connectivity index (χ2n) is 6.67. The molecule has 0 aliphatic carbocycles. The molecule has 2 N–H and O–H groups in total. The lowest BCUT2D eigenvalue weighted by Gasteiger charge is -2.13. The third kappa shape index (κ3) is 4.93. The summed E-state index contributed by atoms with van der Waals surface area (Å²) in [7, 11) is 0. The number of hydrogen-bond acceptors (Lipinski definition) is 5. The Bertz CT molecular complexity index is 1160. The molecule has 4 rings (SSSR count). The van der Waals surface area contributed by atoms with E-state index in [-0.39, 0.29) is 11.9 Å². The first-order valence-corrected chi connectivity index (χ1v) is 11.0. The van der Waals surface area contributed by atoms with Crippen molar-refractivity contribution in [1.29, 1.82) is 0 Å². The van der Waals surface area contributed by atoms with E-state index in [4.69, 9.17) is 0 Å². The monoisotopic (exact) mass is 478 g/mol. The van der Waals surface area contributed by atoms with Crippen LogP contribution in [0.15, 0.2) is 83.5 Å². The first-order valence-electron chi connectivity index (χ1n) is 9.40. The SMILES string of the molecule is CC(NC(=O)c1ccc(-c2ccnc(Nc3cccc(Br)c3)n2)s1)c1ccccc1. The van der Waals surface area contributed by atoms with Gasteiger partial charge in [0.25, 0.3) is 5.91 Å². The molecule has 7 heteroatoms. The Morgan fingerprint density at radius 1 is 1.03 bits per heavy atom. The number of nitrogens with zero attached hydrogens (tertiary/aromatic N) is 2. The highest BCUT2D eigenvalue weighted by Gasteiger charge is 2.15. The van der Waals surface area contributed by atoms with Gasteiger partial charge >= 0.3 is 0 Å². The normalized spacial score (nSPS) is 11.7. The Morgan fingerprint density at radius 3 is 2.67 bits per heavy atom. The molecule has 1 amide bonds. The molecule has 0 bridgehead atoms. The third-order valence-corrected chi connectivity index (χ3v) is 6.07. The van der Waals surface area contributed by atoms with Gasteiger partial charge in [-0.1, -0.05) is 52.3 Å². The van der Waals surface area contributed by atoms with Gasteiger partial charge < -0.3 is 10.6 Å². The van der Waals surface area contributed by atoms with E-state index in [2.05, 4.69) is 36.5 Å². The highest BCUT2D eigenvalue weighted by molar-refractivity contribution is 9.10. The van der Waals surface area contributed by atoms with Gasteiger partial charge in [0.15, 0.2) is 0 Å². The van der Waals surface area contributed by atoms with Crippen molar-refractivity contribution in [2.45, 2.75) is 13.0 Å². The standard InChI is InChI=1S/C23H19BrN4OS/c1-15(16-6-3-2-4-7-16)26-22(29)21-11-10-20(30-21)19-12-13-25-23(28-19)27-18-9-5-8-17(24)14-18/h2-15H,1H3,(H,26,29)(H,25,27,28). The van der Waals surface area contributed by atoms with Gasteiger partial charge in [0.2, 0.25) is 5.95 Å². The Hall–Kier alpha value is -3.03. The number of amides is 1. The topological polar surface area (TPSA) is 66.9 Å². The molecule has 0 aliphatic heterocycles. The van der Waals surface area contributed by atoms with Crippen molar-refractivity contribution in [1.82, 2.24) is 15.3 Å². The average Bonchev–Trinajstić information content (AvgIpc) is 3.25. The number of aromatic nitrogens is 2. The van der Waals surface area contributed by atoms with E-state index in [9.17, 15) is 4.79 Å². The van der Waals surface area contributed by atoms with Gasteiger partial charge in [-0.3, -0.25) is 4.79 Å². The summed E-state index contributed by atoms with van der Waals surface area (Å²) in [5.41, 5.74) is 2.73. The molecule has 1 atom stereocenters. The Labute approximate surface area is 187 Å². The van der Waals surface area contributed by atoms with Gasteiger partial charge in [0.1, 0.15) is 0 Å². The van der Waals surface area contributed by atoms with Crippen molar-refractivity contribution < 1.29 is 4.79 Å². The summed E-state index contributed by atoms with van der Waals surface area (Å²) in [6.07, 6.45) is 1.71. The summed E-state index contributed by atoms with van der Waals surface area (Å²) in [4.78, 5) is 23.1. The van der Waals surface area contributed by atoms with Crippen LogP contribution in [0.3, 0.4) is 0 Å². The number of rotatable bonds is 6. The van der Waals surface area contributed by atoms with E-state index in [0.717, 1.165) is 26.3 Å². The van der Waals surface area contributed by atoms with Gasteiger partial charge in [-0.05, 0) is 48.9 Å². The van der Waals surface area contributed by atoms with Crippen molar-refractivity contribution in [2.24, 2.45) is 0 Å². The van der Waals surface area contributed by atoms with E-state index in [1.807, 2.05) is 79.7 Å². The Balaban J connectivity index is 1.47. The summed E-state index contributed by atoms with van der Waals surface area (Å²) < 4.78 is 0.974. The van der Waals surface area contributed by atoms with E-state index >= 15 is 0 Å². The maximum absolute atomic E-state index is 12.7. The lowest BCUT2D eigenvalue weighted by Crippen LogP contribution is -2.25. The fourth-order valence-electron chi connectivity index (χ4n) is 2.94. The Kier molecular flexibility index (Phi) is 6.21. The van der Waals surface area contributed by atoms with E-state index in [1.165, 1.54) is 11.3 Å².